The maximum absolute atomic E-state index is 12.6. The van der Waals surface area contributed by atoms with Crippen molar-refractivity contribution in [3.05, 3.63) is 0 Å². The normalized spacial score (nSPS) is 35.2. The smallest absolute Gasteiger partial charge is 0.240 e. The minimum Gasteiger partial charge on any atom is -0.388 e. The number of aliphatic hydroxyl groups is 1. The largest absolute Gasteiger partial charge is 0.388 e. The Labute approximate surface area is 120 Å². The molecule has 0 bridgehead atoms. The van der Waals surface area contributed by atoms with Gasteiger partial charge in [-0.25, -0.2) is 0 Å². The number of hydrogen-bond acceptors (Lipinski definition) is 5. The summed E-state index contributed by atoms with van der Waals surface area (Å²) in [5.41, 5.74) is 6.03. The van der Waals surface area contributed by atoms with E-state index < -0.39 is 12.1 Å². The zero-order valence-electron chi connectivity index (χ0n) is 12.7. The van der Waals surface area contributed by atoms with E-state index in [1.54, 1.807) is 12.0 Å². The number of carbonyl (C=O) groups is 1. The van der Waals surface area contributed by atoms with Crippen molar-refractivity contribution in [3.63, 3.8) is 0 Å². The molecule has 2 fully saturated rings. The number of nitrogens with zero attached hydrogens (tertiary/aromatic N) is 1. The molecule has 5 atom stereocenters. The van der Waals surface area contributed by atoms with Crippen molar-refractivity contribution in [1.29, 1.82) is 0 Å². The van der Waals surface area contributed by atoms with Crippen molar-refractivity contribution < 1.29 is 19.4 Å². The molecule has 6 nitrogen and oxygen atoms in total. The average Bonchev–Trinajstić information content (AvgIpc) is 2.87. The number of hydrogen-bond donors (Lipinski definition) is 2. The second kappa shape index (κ2) is 5.60. The first-order valence-corrected chi connectivity index (χ1v) is 7.13. The van der Waals surface area contributed by atoms with Gasteiger partial charge in [-0.15, -0.1) is 0 Å². The summed E-state index contributed by atoms with van der Waals surface area (Å²) >= 11 is 0. The van der Waals surface area contributed by atoms with Crippen LogP contribution in [-0.4, -0.2) is 66.6 Å². The van der Waals surface area contributed by atoms with Crippen molar-refractivity contribution >= 4 is 5.91 Å². The Balaban J connectivity index is 2.09. The number of likely N-dealkylation sites (tertiary alicyclic amines) is 1. The minimum absolute atomic E-state index is 0.0142. The molecule has 2 rings (SSSR count). The molecule has 0 unspecified atom stereocenters. The summed E-state index contributed by atoms with van der Waals surface area (Å²) in [4.78, 5) is 14.2. The van der Waals surface area contributed by atoms with Gasteiger partial charge in [0.1, 0.15) is 18.3 Å². The Morgan fingerprint density at radius 3 is 2.75 bits per heavy atom. The van der Waals surface area contributed by atoms with Gasteiger partial charge >= 0.3 is 0 Å². The maximum Gasteiger partial charge on any atom is 0.240 e. The monoisotopic (exact) mass is 286 g/mol. The van der Waals surface area contributed by atoms with E-state index in [9.17, 15) is 9.90 Å². The number of carbonyl (C=O) groups excluding carboxylic acids is 1. The lowest BCUT2D eigenvalue weighted by Crippen LogP contribution is -2.51. The summed E-state index contributed by atoms with van der Waals surface area (Å²) in [6.45, 7) is 6.84. The first-order valence-electron chi connectivity index (χ1n) is 7.13. The third-order valence-electron chi connectivity index (χ3n) is 4.03. The van der Waals surface area contributed by atoms with E-state index in [-0.39, 0.29) is 36.2 Å². The van der Waals surface area contributed by atoms with Crippen molar-refractivity contribution in [3.8, 4) is 0 Å². The third kappa shape index (κ3) is 2.98. The number of fused-ring (bicyclic) bond motifs is 1. The van der Waals surface area contributed by atoms with Crippen molar-refractivity contribution in [2.24, 2.45) is 11.1 Å². The summed E-state index contributed by atoms with van der Waals surface area (Å²) in [6, 6.07) is -0.891. The molecule has 0 aromatic carbocycles. The van der Waals surface area contributed by atoms with Gasteiger partial charge in [-0.3, -0.25) is 4.79 Å². The highest BCUT2D eigenvalue weighted by atomic mass is 16.6. The van der Waals surface area contributed by atoms with Gasteiger partial charge in [0.15, 0.2) is 0 Å². The molecule has 0 aromatic heterocycles. The summed E-state index contributed by atoms with van der Waals surface area (Å²) in [6.07, 6.45) is -0.497. The fraction of sp³-hybridized carbons (Fsp3) is 0.929. The van der Waals surface area contributed by atoms with Crippen molar-refractivity contribution in [1.82, 2.24) is 4.90 Å². The average molecular weight is 286 g/mol. The van der Waals surface area contributed by atoms with Crippen LogP contribution >= 0.6 is 0 Å². The molecule has 6 heteroatoms. The molecular weight excluding hydrogens is 260 g/mol. The summed E-state index contributed by atoms with van der Waals surface area (Å²) in [7, 11) is 1.60. The standard InChI is InChI=1S/C14H26N2O4/c1-14(2,3)5-8(15)13(18)16-6-10(19-4)12-11(16)9(17)7-20-12/h8-12,17H,5-7,15H2,1-4H3/t8-,9-,10+,11+,12+/m0/s1. The Hall–Kier alpha value is -0.690. The van der Waals surface area contributed by atoms with Gasteiger partial charge in [0, 0.05) is 7.11 Å². The molecule has 1 amide bonds. The maximum atomic E-state index is 12.6. The molecule has 0 radical (unpaired) electrons. The minimum atomic E-state index is -0.661. The van der Waals surface area contributed by atoms with Crippen LogP contribution in [0.25, 0.3) is 0 Å². The van der Waals surface area contributed by atoms with Crippen LogP contribution in [0, 0.1) is 5.41 Å². The predicted molar refractivity (Wildman–Crippen MR) is 74.1 cm³/mol. The van der Waals surface area contributed by atoms with Gasteiger partial charge in [0.05, 0.1) is 25.2 Å². The van der Waals surface area contributed by atoms with Crippen LogP contribution in [0.1, 0.15) is 27.2 Å². The molecule has 20 heavy (non-hydrogen) atoms. The first-order chi connectivity index (χ1) is 9.24. The molecule has 0 aliphatic carbocycles. The fourth-order valence-electron chi connectivity index (χ4n) is 3.16. The Morgan fingerprint density at radius 2 is 2.20 bits per heavy atom. The van der Waals surface area contributed by atoms with E-state index in [2.05, 4.69) is 20.8 Å². The van der Waals surface area contributed by atoms with Crippen LogP contribution in [0.4, 0.5) is 0 Å². The van der Waals surface area contributed by atoms with Crippen LogP contribution in [-0.2, 0) is 14.3 Å². The molecule has 2 saturated heterocycles. The summed E-state index contributed by atoms with van der Waals surface area (Å²) in [5, 5.41) is 10.0. The number of rotatable bonds is 3. The Kier molecular flexibility index (Phi) is 4.39. The molecule has 2 aliphatic heterocycles. The van der Waals surface area contributed by atoms with E-state index in [1.807, 2.05) is 0 Å². The number of nitrogens with two attached hydrogens (primary N) is 1. The molecule has 0 saturated carbocycles. The fourth-order valence-corrected chi connectivity index (χ4v) is 3.16. The molecular formula is C14H26N2O4. The predicted octanol–water partition coefficient (Wildman–Crippen LogP) is -0.265. The Morgan fingerprint density at radius 1 is 1.55 bits per heavy atom. The van der Waals surface area contributed by atoms with Gasteiger partial charge < -0.3 is 25.2 Å². The molecule has 116 valence electrons. The highest BCUT2D eigenvalue weighted by Gasteiger charge is 2.53. The molecule has 0 aromatic rings. The lowest BCUT2D eigenvalue weighted by Gasteiger charge is -2.30. The zero-order chi connectivity index (χ0) is 15.1. The van der Waals surface area contributed by atoms with Crippen molar-refractivity contribution in [2.75, 3.05) is 20.3 Å². The highest BCUT2D eigenvalue weighted by Crippen LogP contribution is 2.32. The first kappa shape index (κ1) is 15.7. The van der Waals surface area contributed by atoms with Crippen LogP contribution in [0.3, 0.4) is 0 Å². The van der Waals surface area contributed by atoms with E-state index >= 15 is 0 Å². The molecule has 2 aliphatic rings. The third-order valence-corrected chi connectivity index (χ3v) is 4.03. The molecule has 2 heterocycles. The number of ether oxygens (including phenoxy) is 2. The molecule has 3 N–H and O–H groups in total. The van der Waals surface area contributed by atoms with Gasteiger partial charge in [0.25, 0.3) is 0 Å². The zero-order valence-corrected chi connectivity index (χ0v) is 12.7. The second-order valence-electron chi connectivity index (χ2n) is 6.99. The van der Waals surface area contributed by atoms with Gasteiger partial charge in [-0.1, -0.05) is 20.8 Å². The van der Waals surface area contributed by atoms with Crippen LogP contribution < -0.4 is 5.73 Å². The number of methoxy groups -OCH3 is 1. The van der Waals surface area contributed by atoms with Crippen molar-refractivity contribution in [2.45, 2.75) is 57.6 Å². The second-order valence-corrected chi connectivity index (χ2v) is 6.99. The summed E-state index contributed by atoms with van der Waals surface area (Å²) in [5.74, 6) is -0.126. The van der Waals surface area contributed by atoms with Gasteiger partial charge in [-0.05, 0) is 11.8 Å². The summed E-state index contributed by atoms with van der Waals surface area (Å²) < 4.78 is 10.9. The van der Waals surface area contributed by atoms with E-state index in [0.717, 1.165) is 0 Å². The SMILES string of the molecule is CO[C@@H]1CN(C(=O)[C@@H](N)CC(C)(C)C)[C@H]2[C@@H]1OC[C@@H]2O. The lowest BCUT2D eigenvalue weighted by molar-refractivity contribution is -0.136. The van der Waals surface area contributed by atoms with Crippen LogP contribution in [0.15, 0.2) is 0 Å². The highest BCUT2D eigenvalue weighted by molar-refractivity contribution is 5.82. The lowest BCUT2D eigenvalue weighted by atomic mass is 9.88. The topological polar surface area (TPSA) is 85.0 Å². The van der Waals surface area contributed by atoms with Gasteiger partial charge in [-0.2, -0.15) is 0 Å². The van der Waals surface area contributed by atoms with Crippen LogP contribution in [0.2, 0.25) is 0 Å². The molecule has 0 spiro atoms. The van der Waals surface area contributed by atoms with E-state index in [4.69, 9.17) is 15.2 Å². The number of aliphatic hydroxyl groups excluding tert-OH is 1. The number of amides is 1. The van der Waals surface area contributed by atoms with E-state index in [1.165, 1.54) is 0 Å². The Bertz CT molecular complexity index is 369. The van der Waals surface area contributed by atoms with E-state index in [0.29, 0.717) is 13.0 Å². The van der Waals surface area contributed by atoms with Gasteiger partial charge in [0.2, 0.25) is 5.91 Å². The quantitative estimate of drug-likeness (QED) is 0.746. The van der Waals surface area contributed by atoms with Crippen LogP contribution in [0.5, 0.6) is 0 Å².